The minimum Gasteiger partial charge on any atom is -0.308 e. The molecule has 1 heterocycles. The monoisotopic (exact) mass is 186 g/mol. The van der Waals surface area contributed by atoms with Crippen LogP contribution >= 0.6 is 0 Å². The first-order valence-corrected chi connectivity index (χ1v) is 4.95. The lowest BCUT2D eigenvalue weighted by molar-refractivity contribution is 0.674. The molecule has 0 unspecified atom stereocenters. The normalized spacial score (nSPS) is 15.1. The average molecular weight is 186 g/mol. The maximum atomic E-state index is 5.33. The third-order valence-electron chi connectivity index (χ3n) is 2.47. The standard InChI is InChI=1S/C12H14N2/c1-3-10-7-13-12(6-9(10)2)8-14-11-4-5-11/h1,6-7,11,14H,4-5,8H2,2H3. The Bertz CT molecular complexity index is 372. The van der Waals surface area contributed by atoms with Gasteiger partial charge in [-0.1, -0.05) is 5.92 Å². The Hall–Kier alpha value is -1.33. The zero-order valence-electron chi connectivity index (χ0n) is 8.38. The van der Waals surface area contributed by atoms with E-state index in [0.29, 0.717) is 0 Å². The van der Waals surface area contributed by atoms with E-state index >= 15 is 0 Å². The minimum absolute atomic E-state index is 0.726. The van der Waals surface area contributed by atoms with Gasteiger partial charge in [-0.2, -0.15) is 0 Å². The van der Waals surface area contributed by atoms with Gasteiger partial charge in [0.25, 0.3) is 0 Å². The molecule has 1 N–H and O–H groups in total. The molecule has 72 valence electrons. The summed E-state index contributed by atoms with van der Waals surface area (Å²) < 4.78 is 0. The topological polar surface area (TPSA) is 24.9 Å². The lowest BCUT2D eigenvalue weighted by Gasteiger charge is -2.04. The fourth-order valence-corrected chi connectivity index (χ4v) is 1.40. The first-order chi connectivity index (χ1) is 6.79. The van der Waals surface area contributed by atoms with E-state index in [1.165, 1.54) is 12.8 Å². The first-order valence-electron chi connectivity index (χ1n) is 4.95. The second-order valence-electron chi connectivity index (χ2n) is 3.79. The summed E-state index contributed by atoms with van der Waals surface area (Å²) in [7, 11) is 0. The van der Waals surface area contributed by atoms with Gasteiger partial charge in [0, 0.05) is 24.3 Å². The molecule has 1 aromatic heterocycles. The van der Waals surface area contributed by atoms with Crippen LogP contribution in [-0.4, -0.2) is 11.0 Å². The molecular weight excluding hydrogens is 172 g/mol. The van der Waals surface area contributed by atoms with Gasteiger partial charge in [-0.05, 0) is 31.4 Å². The molecule has 2 rings (SSSR count). The highest BCUT2D eigenvalue weighted by Gasteiger charge is 2.20. The second kappa shape index (κ2) is 3.81. The zero-order valence-corrected chi connectivity index (χ0v) is 8.38. The molecule has 1 aromatic rings. The van der Waals surface area contributed by atoms with Gasteiger partial charge in [0.15, 0.2) is 0 Å². The van der Waals surface area contributed by atoms with Gasteiger partial charge in [0.05, 0.1) is 5.69 Å². The molecule has 0 amide bonds. The summed E-state index contributed by atoms with van der Waals surface area (Å²) in [4.78, 5) is 4.31. The van der Waals surface area contributed by atoms with Crippen molar-refractivity contribution in [1.82, 2.24) is 10.3 Å². The van der Waals surface area contributed by atoms with E-state index in [-0.39, 0.29) is 0 Å². The highest BCUT2D eigenvalue weighted by Crippen LogP contribution is 2.19. The van der Waals surface area contributed by atoms with E-state index < -0.39 is 0 Å². The average Bonchev–Trinajstić information content (AvgIpc) is 2.98. The van der Waals surface area contributed by atoms with Crippen molar-refractivity contribution in [2.75, 3.05) is 0 Å². The summed E-state index contributed by atoms with van der Waals surface area (Å²) in [6.45, 7) is 2.88. The Morgan fingerprint density at radius 1 is 1.64 bits per heavy atom. The van der Waals surface area contributed by atoms with E-state index in [2.05, 4.69) is 22.3 Å². The molecule has 0 aromatic carbocycles. The summed E-state index contributed by atoms with van der Waals surface area (Å²) in [5, 5.41) is 3.42. The Balaban J connectivity index is 2.03. The molecule has 1 aliphatic rings. The third-order valence-corrected chi connectivity index (χ3v) is 2.47. The van der Waals surface area contributed by atoms with Crippen molar-refractivity contribution in [3.8, 4) is 12.3 Å². The van der Waals surface area contributed by atoms with Crippen molar-refractivity contribution in [2.24, 2.45) is 0 Å². The maximum Gasteiger partial charge on any atom is 0.0545 e. The van der Waals surface area contributed by atoms with Crippen LogP contribution in [0.15, 0.2) is 12.3 Å². The molecule has 2 heteroatoms. The van der Waals surface area contributed by atoms with Crippen LogP contribution in [0, 0.1) is 19.3 Å². The molecule has 0 radical (unpaired) electrons. The van der Waals surface area contributed by atoms with Gasteiger partial charge in [0.1, 0.15) is 0 Å². The zero-order chi connectivity index (χ0) is 9.97. The number of pyridine rings is 1. The number of rotatable bonds is 3. The number of hydrogen-bond acceptors (Lipinski definition) is 2. The Morgan fingerprint density at radius 2 is 2.43 bits per heavy atom. The molecule has 1 saturated carbocycles. The number of aryl methyl sites for hydroxylation is 1. The van der Waals surface area contributed by atoms with Crippen LogP contribution in [0.4, 0.5) is 0 Å². The molecule has 0 saturated heterocycles. The number of terminal acetylenes is 1. The Morgan fingerprint density at radius 3 is 3.00 bits per heavy atom. The molecule has 0 atom stereocenters. The van der Waals surface area contributed by atoms with Crippen molar-refractivity contribution in [1.29, 1.82) is 0 Å². The SMILES string of the molecule is C#Cc1cnc(CNC2CC2)cc1C. The van der Waals surface area contributed by atoms with Crippen LogP contribution in [0.5, 0.6) is 0 Å². The predicted octanol–water partition coefficient (Wildman–Crippen LogP) is 1.62. The van der Waals surface area contributed by atoms with E-state index in [1.807, 2.05) is 6.92 Å². The molecule has 0 spiro atoms. The number of nitrogens with zero attached hydrogens (tertiary/aromatic N) is 1. The smallest absolute Gasteiger partial charge is 0.0545 e. The minimum atomic E-state index is 0.726. The van der Waals surface area contributed by atoms with Gasteiger partial charge in [0.2, 0.25) is 0 Å². The van der Waals surface area contributed by atoms with Crippen molar-refractivity contribution >= 4 is 0 Å². The van der Waals surface area contributed by atoms with Crippen molar-refractivity contribution in [2.45, 2.75) is 32.4 Å². The van der Waals surface area contributed by atoms with Gasteiger partial charge < -0.3 is 5.32 Å². The van der Waals surface area contributed by atoms with Crippen molar-refractivity contribution in [3.63, 3.8) is 0 Å². The highest BCUT2D eigenvalue weighted by atomic mass is 15.0. The molecule has 0 aliphatic heterocycles. The van der Waals surface area contributed by atoms with E-state index in [0.717, 1.165) is 29.4 Å². The largest absolute Gasteiger partial charge is 0.308 e. The number of hydrogen-bond donors (Lipinski definition) is 1. The highest BCUT2D eigenvalue weighted by molar-refractivity contribution is 5.37. The number of nitrogens with one attached hydrogen (secondary N) is 1. The fraction of sp³-hybridized carbons (Fsp3) is 0.417. The quantitative estimate of drug-likeness (QED) is 0.726. The van der Waals surface area contributed by atoms with Gasteiger partial charge in [-0.15, -0.1) is 6.42 Å². The third kappa shape index (κ3) is 2.12. The molecule has 2 nitrogen and oxygen atoms in total. The molecule has 14 heavy (non-hydrogen) atoms. The molecular formula is C12H14N2. The molecule has 1 aliphatic carbocycles. The predicted molar refractivity (Wildman–Crippen MR) is 56.8 cm³/mol. The van der Waals surface area contributed by atoms with Crippen LogP contribution in [0.2, 0.25) is 0 Å². The lowest BCUT2D eigenvalue weighted by atomic mass is 10.1. The summed E-state index contributed by atoms with van der Waals surface area (Å²) in [5.41, 5.74) is 3.10. The van der Waals surface area contributed by atoms with Gasteiger partial charge in [-0.3, -0.25) is 4.98 Å². The van der Waals surface area contributed by atoms with Gasteiger partial charge in [-0.25, -0.2) is 0 Å². The molecule has 0 bridgehead atoms. The van der Waals surface area contributed by atoms with Crippen molar-refractivity contribution < 1.29 is 0 Å². The van der Waals surface area contributed by atoms with E-state index in [9.17, 15) is 0 Å². The Kier molecular flexibility index (Phi) is 2.51. The molecule has 1 fully saturated rings. The maximum absolute atomic E-state index is 5.33. The Labute approximate surface area is 84.7 Å². The summed E-state index contributed by atoms with van der Waals surface area (Å²) in [6.07, 6.45) is 9.72. The summed E-state index contributed by atoms with van der Waals surface area (Å²) in [6, 6.07) is 2.79. The van der Waals surface area contributed by atoms with Crippen LogP contribution in [0.3, 0.4) is 0 Å². The first kappa shape index (κ1) is 9.23. The van der Waals surface area contributed by atoms with Crippen LogP contribution in [0.1, 0.15) is 29.7 Å². The summed E-state index contributed by atoms with van der Waals surface area (Å²) >= 11 is 0. The van der Waals surface area contributed by atoms with E-state index in [4.69, 9.17) is 6.42 Å². The van der Waals surface area contributed by atoms with Crippen LogP contribution in [-0.2, 0) is 6.54 Å². The number of aromatic nitrogens is 1. The second-order valence-corrected chi connectivity index (χ2v) is 3.79. The van der Waals surface area contributed by atoms with Crippen LogP contribution in [0.25, 0.3) is 0 Å². The van der Waals surface area contributed by atoms with Crippen molar-refractivity contribution in [3.05, 3.63) is 29.1 Å². The fourth-order valence-electron chi connectivity index (χ4n) is 1.40. The summed E-state index contributed by atoms with van der Waals surface area (Å²) in [5.74, 6) is 2.62. The van der Waals surface area contributed by atoms with Gasteiger partial charge >= 0.3 is 0 Å². The van der Waals surface area contributed by atoms with E-state index in [1.54, 1.807) is 6.20 Å². The lowest BCUT2D eigenvalue weighted by Crippen LogP contribution is -2.16. The van der Waals surface area contributed by atoms with Crippen LogP contribution < -0.4 is 5.32 Å².